The number of nitrogens with one attached hydrogen (secondary N) is 1. The van der Waals surface area contributed by atoms with Crippen LogP contribution in [0.25, 0.3) is 0 Å². The fraction of sp³-hybridized carbons (Fsp3) is 0.632. The quantitative estimate of drug-likeness (QED) is 0.786. The zero-order valence-corrected chi connectivity index (χ0v) is 16.0. The second kappa shape index (κ2) is 8.50. The van der Waals surface area contributed by atoms with Crippen LogP contribution in [0.3, 0.4) is 0 Å². The molecule has 0 radical (unpaired) electrons. The largest absolute Gasteiger partial charge is 0.353 e. The van der Waals surface area contributed by atoms with Gasteiger partial charge in [-0.1, -0.05) is 25.0 Å². The van der Waals surface area contributed by atoms with E-state index in [0.29, 0.717) is 30.4 Å². The van der Waals surface area contributed by atoms with Gasteiger partial charge in [0.15, 0.2) is 0 Å². The third-order valence-corrected chi connectivity index (χ3v) is 7.46. The highest BCUT2D eigenvalue weighted by molar-refractivity contribution is 7.89. The zero-order chi connectivity index (χ0) is 18.6. The van der Waals surface area contributed by atoms with E-state index in [0.717, 1.165) is 44.1 Å². The van der Waals surface area contributed by atoms with E-state index in [4.69, 9.17) is 5.73 Å². The highest BCUT2D eigenvalue weighted by Crippen LogP contribution is 2.25. The molecule has 1 saturated heterocycles. The first-order chi connectivity index (χ1) is 12.5. The molecule has 1 aliphatic heterocycles. The van der Waals surface area contributed by atoms with Crippen molar-refractivity contribution >= 4 is 15.9 Å². The molecule has 1 aliphatic carbocycles. The maximum Gasteiger partial charge on any atom is 0.243 e. The molecule has 0 aromatic heterocycles. The van der Waals surface area contributed by atoms with Crippen LogP contribution in [0.2, 0.25) is 0 Å². The van der Waals surface area contributed by atoms with Gasteiger partial charge in [-0.2, -0.15) is 4.31 Å². The Kier molecular flexibility index (Phi) is 6.32. The molecule has 2 atom stereocenters. The van der Waals surface area contributed by atoms with Gasteiger partial charge in [0.2, 0.25) is 15.9 Å². The van der Waals surface area contributed by atoms with E-state index in [1.807, 2.05) is 0 Å². The summed E-state index contributed by atoms with van der Waals surface area (Å²) in [6.45, 7) is 1.79. The van der Waals surface area contributed by atoms with Crippen molar-refractivity contribution in [2.45, 2.75) is 55.9 Å². The molecule has 2 fully saturated rings. The molecule has 1 heterocycles. The molecule has 7 heteroatoms. The lowest BCUT2D eigenvalue weighted by atomic mass is 10.0. The van der Waals surface area contributed by atoms with Crippen molar-refractivity contribution in [2.24, 2.45) is 11.7 Å². The van der Waals surface area contributed by atoms with E-state index in [2.05, 4.69) is 5.32 Å². The van der Waals surface area contributed by atoms with Gasteiger partial charge in [-0.3, -0.25) is 4.79 Å². The molecule has 0 spiro atoms. The predicted octanol–water partition coefficient (Wildman–Crippen LogP) is 1.65. The fourth-order valence-electron chi connectivity index (χ4n) is 3.99. The van der Waals surface area contributed by atoms with Crippen LogP contribution >= 0.6 is 0 Å². The normalized spacial score (nSPS) is 24.5. The monoisotopic (exact) mass is 379 g/mol. The number of piperidine rings is 1. The van der Waals surface area contributed by atoms with Crippen molar-refractivity contribution in [1.82, 2.24) is 9.62 Å². The second-order valence-electron chi connectivity index (χ2n) is 7.39. The number of carbonyl (C=O) groups is 1. The van der Waals surface area contributed by atoms with Crippen molar-refractivity contribution in [3.63, 3.8) is 0 Å². The van der Waals surface area contributed by atoms with Gasteiger partial charge in [0, 0.05) is 19.1 Å². The van der Waals surface area contributed by atoms with E-state index >= 15 is 0 Å². The Balaban J connectivity index is 1.59. The minimum Gasteiger partial charge on any atom is -0.353 e. The van der Waals surface area contributed by atoms with Gasteiger partial charge in [-0.05, 0) is 55.8 Å². The number of benzene rings is 1. The highest BCUT2D eigenvalue weighted by Gasteiger charge is 2.28. The summed E-state index contributed by atoms with van der Waals surface area (Å²) in [5.74, 6) is 0.345. The number of rotatable bonds is 6. The summed E-state index contributed by atoms with van der Waals surface area (Å²) in [5.41, 5.74) is 6.58. The molecule has 3 rings (SSSR count). The molecule has 1 aromatic rings. The number of nitrogens with zero attached hydrogens (tertiary/aromatic N) is 1. The van der Waals surface area contributed by atoms with Crippen LogP contribution in [0.15, 0.2) is 29.2 Å². The zero-order valence-electron chi connectivity index (χ0n) is 15.2. The van der Waals surface area contributed by atoms with Crippen molar-refractivity contribution in [1.29, 1.82) is 0 Å². The number of hydrogen-bond donors (Lipinski definition) is 2. The maximum absolute atomic E-state index is 12.7. The first-order valence-corrected chi connectivity index (χ1v) is 11.0. The van der Waals surface area contributed by atoms with Gasteiger partial charge in [0.25, 0.3) is 0 Å². The number of hydrogen-bond acceptors (Lipinski definition) is 4. The molecule has 144 valence electrons. The molecule has 3 N–H and O–H groups in total. The van der Waals surface area contributed by atoms with Gasteiger partial charge in [0.05, 0.1) is 11.3 Å². The van der Waals surface area contributed by atoms with Crippen LogP contribution in [0.1, 0.15) is 44.1 Å². The van der Waals surface area contributed by atoms with Gasteiger partial charge < -0.3 is 11.1 Å². The molecule has 1 aromatic carbocycles. The van der Waals surface area contributed by atoms with Crippen molar-refractivity contribution in [3.05, 3.63) is 29.8 Å². The fourth-order valence-corrected chi connectivity index (χ4v) is 5.50. The lowest BCUT2D eigenvalue weighted by molar-refractivity contribution is -0.121. The van der Waals surface area contributed by atoms with Crippen LogP contribution < -0.4 is 11.1 Å². The van der Waals surface area contributed by atoms with Gasteiger partial charge in [0.1, 0.15) is 0 Å². The Hall–Kier alpha value is -1.44. The number of carbonyl (C=O) groups excluding carboxylic acids is 1. The number of nitrogens with two attached hydrogens (primary N) is 1. The minimum atomic E-state index is -3.42. The van der Waals surface area contributed by atoms with Crippen LogP contribution in [0.4, 0.5) is 0 Å². The van der Waals surface area contributed by atoms with Crippen LogP contribution in [0.5, 0.6) is 0 Å². The minimum absolute atomic E-state index is 0.0259. The number of amides is 1. The van der Waals surface area contributed by atoms with Crippen LogP contribution in [-0.4, -0.2) is 44.3 Å². The Bertz CT molecular complexity index is 712. The van der Waals surface area contributed by atoms with Gasteiger partial charge >= 0.3 is 0 Å². The Labute approximate surface area is 156 Å². The summed E-state index contributed by atoms with van der Waals surface area (Å²) in [5, 5.41) is 3.08. The van der Waals surface area contributed by atoms with Crippen molar-refractivity contribution in [3.8, 4) is 0 Å². The highest BCUT2D eigenvalue weighted by atomic mass is 32.2. The van der Waals surface area contributed by atoms with E-state index in [1.54, 1.807) is 28.6 Å². The third-order valence-electron chi connectivity index (χ3n) is 5.55. The van der Waals surface area contributed by atoms with Crippen molar-refractivity contribution in [2.75, 3.05) is 19.6 Å². The molecule has 1 amide bonds. The lowest BCUT2D eigenvalue weighted by Gasteiger charge is -2.25. The first-order valence-electron chi connectivity index (χ1n) is 9.59. The van der Waals surface area contributed by atoms with E-state index in [9.17, 15) is 13.2 Å². The average molecular weight is 380 g/mol. The lowest BCUT2D eigenvalue weighted by Crippen LogP contribution is -2.40. The molecular weight excluding hydrogens is 350 g/mol. The number of sulfonamides is 1. The van der Waals surface area contributed by atoms with Crippen LogP contribution in [-0.2, 0) is 21.2 Å². The summed E-state index contributed by atoms with van der Waals surface area (Å²) >= 11 is 0. The van der Waals surface area contributed by atoms with E-state index in [1.165, 1.54) is 0 Å². The Morgan fingerprint density at radius 3 is 2.42 bits per heavy atom. The summed E-state index contributed by atoms with van der Waals surface area (Å²) in [4.78, 5) is 12.6. The SMILES string of the molecule is NCC1CCCC1NC(=O)Cc1ccc(S(=O)(=O)N2CCCCC2)cc1. The molecule has 1 saturated carbocycles. The van der Waals surface area contributed by atoms with Crippen LogP contribution in [0, 0.1) is 5.92 Å². The maximum atomic E-state index is 12.7. The predicted molar refractivity (Wildman–Crippen MR) is 101 cm³/mol. The Morgan fingerprint density at radius 2 is 1.77 bits per heavy atom. The summed E-state index contributed by atoms with van der Waals surface area (Å²) in [6, 6.07) is 6.89. The first kappa shape index (κ1) is 19.3. The Morgan fingerprint density at radius 1 is 1.08 bits per heavy atom. The van der Waals surface area contributed by atoms with Crippen molar-refractivity contribution < 1.29 is 13.2 Å². The molecule has 26 heavy (non-hydrogen) atoms. The molecule has 0 bridgehead atoms. The molecule has 6 nitrogen and oxygen atoms in total. The summed E-state index contributed by atoms with van der Waals surface area (Å²) in [6.07, 6.45) is 6.36. The van der Waals surface area contributed by atoms with E-state index in [-0.39, 0.29) is 18.4 Å². The standard InChI is InChI=1S/C19H29N3O3S/c20-14-16-5-4-6-18(16)21-19(23)13-15-7-9-17(10-8-15)26(24,25)22-11-2-1-3-12-22/h7-10,16,18H,1-6,11-14,20H2,(H,21,23). The van der Waals surface area contributed by atoms with E-state index < -0.39 is 10.0 Å². The van der Waals surface area contributed by atoms with Gasteiger partial charge in [-0.25, -0.2) is 8.42 Å². The molecular formula is C19H29N3O3S. The summed E-state index contributed by atoms with van der Waals surface area (Å²) < 4.78 is 26.9. The van der Waals surface area contributed by atoms with Gasteiger partial charge in [-0.15, -0.1) is 0 Å². The average Bonchev–Trinajstić information content (AvgIpc) is 3.10. The molecule has 2 unspecified atom stereocenters. The molecule has 2 aliphatic rings. The third kappa shape index (κ3) is 4.45. The topological polar surface area (TPSA) is 92.5 Å². The summed E-state index contributed by atoms with van der Waals surface area (Å²) in [7, 11) is -3.42. The second-order valence-corrected chi connectivity index (χ2v) is 9.32. The smallest absolute Gasteiger partial charge is 0.243 e.